The molecule has 0 aliphatic heterocycles. The van der Waals surface area contributed by atoms with Crippen molar-refractivity contribution in [1.82, 2.24) is 24.1 Å². The molecule has 0 atom stereocenters. The average Bonchev–Trinajstić information content (AvgIpc) is 3.72. The molecule has 3 heterocycles. The Labute approximate surface area is 329 Å². The molecule has 0 saturated heterocycles. The molecule has 0 saturated carbocycles. The van der Waals surface area contributed by atoms with E-state index in [-0.39, 0.29) is 0 Å². The molecule has 0 radical (unpaired) electrons. The van der Waals surface area contributed by atoms with Crippen LogP contribution in [0.25, 0.3) is 89.2 Å². The van der Waals surface area contributed by atoms with Crippen LogP contribution in [0, 0.1) is 0 Å². The molecule has 10 rings (SSSR count). The van der Waals surface area contributed by atoms with Crippen molar-refractivity contribution in [2.75, 3.05) is 0 Å². The van der Waals surface area contributed by atoms with E-state index in [1.807, 2.05) is 0 Å². The van der Waals surface area contributed by atoms with Crippen molar-refractivity contribution in [3.05, 3.63) is 175 Å². The van der Waals surface area contributed by atoms with Crippen molar-refractivity contribution in [2.45, 2.75) is 0 Å². The second kappa shape index (κ2) is 11.4. The highest BCUT2D eigenvalue weighted by atomic mass is 15.2. The summed E-state index contributed by atoms with van der Waals surface area (Å²) < 4.78 is 259. The molecule has 234 valence electrons. The number of hydrogen-bond acceptors (Lipinski definition) is 3. The first-order chi connectivity index (χ1) is 36.9. The fraction of sp³-hybridized carbons (Fsp3) is 0. The maximum Gasteiger partial charge on any atom is 0.238 e. The maximum absolute atomic E-state index is 9.64. The molecule has 0 N–H and O–H groups in total. The Morgan fingerprint density at radius 3 is 1.50 bits per heavy atom. The largest absolute Gasteiger partial charge is 0.307 e. The Kier molecular flexibility index (Phi) is 2.65. The van der Waals surface area contributed by atoms with Crippen molar-refractivity contribution in [3.8, 4) is 45.5 Å². The monoisotopic (exact) mass is 668 g/mol. The van der Waals surface area contributed by atoms with Gasteiger partial charge in [-0.3, -0.25) is 4.57 Å². The number of aromatic nitrogens is 5. The predicted molar refractivity (Wildman–Crippen MR) is 205 cm³/mol. The van der Waals surface area contributed by atoms with Gasteiger partial charge in [-0.1, -0.05) is 145 Å². The molecule has 0 fully saturated rings. The fourth-order valence-corrected chi connectivity index (χ4v) is 5.59. The van der Waals surface area contributed by atoms with Gasteiger partial charge in [-0.2, -0.15) is 9.97 Å². The second-order valence-electron chi connectivity index (χ2n) is 10.3. The normalized spacial score (nSPS) is 19.7. The average molecular weight is 669 g/mol. The summed E-state index contributed by atoms with van der Waals surface area (Å²) in [4.78, 5) is 13.4. The van der Waals surface area contributed by atoms with Crippen molar-refractivity contribution >= 4 is 43.6 Å². The lowest BCUT2D eigenvalue weighted by Gasteiger charge is -2.13. The Morgan fingerprint density at radius 1 is 0.360 bits per heavy atom. The van der Waals surface area contributed by atoms with Crippen LogP contribution >= 0.6 is 0 Å². The maximum atomic E-state index is 9.64. The molecule has 10 aromatic rings. The summed E-state index contributed by atoms with van der Waals surface area (Å²) in [6.45, 7) is 0. The van der Waals surface area contributed by atoms with Gasteiger partial charge in [0, 0.05) is 38.4 Å². The molecule has 3 aromatic heterocycles. The van der Waals surface area contributed by atoms with Gasteiger partial charge in [-0.25, -0.2) is 4.98 Å². The second-order valence-corrected chi connectivity index (χ2v) is 10.3. The minimum Gasteiger partial charge on any atom is -0.307 e. The van der Waals surface area contributed by atoms with Crippen molar-refractivity contribution in [2.24, 2.45) is 0 Å². The van der Waals surface area contributed by atoms with Crippen LogP contribution in [0.3, 0.4) is 0 Å². The van der Waals surface area contributed by atoms with Crippen LogP contribution in [0.1, 0.15) is 39.8 Å². The fourth-order valence-electron chi connectivity index (χ4n) is 5.59. The van der Waals surface area contributed by atoms with E-state index in [4.69, 9.17) is 28.8 Å². The highest BCUT2D eigenvalue weighted by molar-refractivity contribution is 6.23. The molecule has 5 nitrogen and oxygen atoms in total. The van der Waals surface area contributed by atoms with Crippen LogP contribution in [0.5, 0.6) is 0 Å². The van der Waals surface area contributed by atoms with Gasteiger partial charge in [-0.05, 0) is 41.3 Å². The third-order valence-corrected chi connectivity index (χ3v) is 7.60. The van der Waals surface area contributed by atoms with Crippen molar-refractivity contribution < 1.29 is 39.8 Å². The van der Waals surface area contributed by atoms with Gasteiger partial charge in [-0.15, -0.1) is 0 Å². The molecule has 0 spiro atoms. The van der Waals surface area contributed by atoms with Crippen LogP contribution in [-0.2, 0) is 0 Å². The van der Waals surface area contributed by atoms with Gasteiger partial charge in [0.15, 0.2) is 11.6 Å². The molecular weight excluding hydrogens is 611 g/mol. The van der Waals surface area contributed by atoms with E-state index in [0.717, 1.165) is 9.13 Å². The van der Waals surface area contributed by atoms with E-state index in [1.165, 1.54) is 0 Å². The molecule has 0 unspecified atom stereocenters. The van der Waals surface area contributed by atoms with Gasteiger partial charge in [0.2, 0.25) is 5.95 Å². The molecule has 0 bridgehead atoms. The van der Waals surface area contributed by atoms with Crippen LogP contribution in [0.15, 0.2) is 175 Å². The number of benzene rings is 7. The van der Waals surface area contributed by atoms with E-state index in [9.17, 15) is 11.0 Å². The Balaban J connectivity index is 1.55. The van der Waals surface area contributed by atoms with E-state index < -0.39 is 264 Å². The van der Waals surface area contributed by atoms with Gasteiger partial charge < -0.3 is 4.57 Å². The van der Waals surface area contributed by atoms with Crippen LogP contribution < -0.4 is 0 Å². The summed E-state index contributed by atoms with van der Waals surface area (Å²) in [6.07, 6.45) is 0. The first-order valence-electron chi connectivity index (χ1n) is 28.9. The molecular formula is C45H29N5. The minimum absolute atomic E-state index is 0.572. The quantitative estimate of drug-likeness (QED) is 0.183. The number of para-hydroxylation sites is 3. The van der Waals surface area contributed by atoms with Gasteiger partial charge in [0.05, 0.1) is 61.8 Å². The SMILES string of the molecule is [2H]c1c([2H])c([2H])c(-c2nc(-c3c([2H])c([2H])c([2H])c(-c4c([2H])c([2H])c([2H])c([2H])c4[2H])c3[2H])nc(-n3c4c([2H])c([2H])c([2H])c([2H])c4c4c([2H])c([2H])c5c6c([2H])c([2H])c([2H])c([2H])c6n(-c6c([2H])c([2H])c([2H])c([2H])c6[2H])c5c43)n2)c([2H])c1[2H]. The van der Waals surface area contributed by atoms with E-state index in [2.05, 4.69) is 15.0 Å². The van der Waals surface area contributed by atoms with E-state index in [0.29, 0.717) is 0 Å². The summed E-state index contributed by atoms with van der Waals surface area (Å²) in [5.41, 5.74) is -6.85. The molecule has 7 aromatic carbocycles. The summed E-state index contributed by atoms with van der Waals surface area (Å²) in [6, 6.07) is -27.6. The Morgan fingerprint density at radius 2 is 0.840 bits per heavy atom. The standard InChI is InChI=1S/C45H29N5/c1-4-15-30(16-5-1)32-19-14-20-33(29-32)44-46-43(31-17-6-2-7-18-31)47-45(48-44)50-40-26-13-11-24-36(40)38-28-27-37-35-23-10-12-25-39(35)49(41(37)42(38)50)34-21-8-3-9-22-34/h1-29H/i1D,2D,3D,4D,5D,6D,7D,8D,9D,10D,11D,12D,13D,14D,15D,16D,17D,18D,19D,20D,21D,22D,23D,24D,25D,26D,27D,28D,29D. The molecule has 0 aliphatic carbocycles. The smallest absolute Gasteiger partial charge is 0.238 e. The summed E-state index contributed by atoms with van der Waals surface area (Å²) >= 11 is 0. The number of hydrogen-bond donors (Lipinski definition) is 0. The third kappa shape index (κ3) is 4.45. The van der Waals surface area contributed by atoms with Gasteiger partial charge in [0.1, 0.15) is 0 Å². The van der Waals surface area contributed by atoms with Crippen LogP contribution in [0.2, 0.25) is 0 Å². The number of fused-ring (bicyclic) bond motifs is 7. The van der Waals surface area contributed by atoms with Gasteiger partial charge >= 0.3 is 0 Å². The van der Waals surface area contributed by atoms with E-state index >= 15 is 0 Å². The molecule has 5 heteroatoms. The van der Waals surface area contributed by atoms with Crippen LogP contribution in [0.4, 0.5) is 0 Å². The lowest BCUT2D eigenvalue weighted by molar-refractivity contribution is 0.953. The summed E-state index contributed by atoms with van der Waals surface area (Å²) in [5.74, 6) is -2.91. The lowest BCUT2D eigenvalue weighted by atomic mass is 10.0. The summed E-state index contributed by atoms with van der Waals surface area (Å²) in [5, 5.41) is -2.39. The zero-order chi connectivity index (χ0) is 58.3. The highest BCUT2D eigenvalue weighted by Crippen LogP contribution is 2.41. The molecule has 0 aliphatic rings. The first kappa shape index (κ1) is 11.6. The van der Waals surface area contributed by atoms with Crippen LogP contribution in [-0.4, -0.2) is 24.1 Å². The molecule has 50 heavy (non-hydrogen) atoms. The number of rotatable bonds is 5. The van der Waals surface area contributed by atoms with E-state index in [1.54, 1.807) is 0 Å². The molecule has 0 amide bonds. The van der Waals surface area contributed by atoms with Gasteiger partial charge in [0.25, 0.3) is 0 Å². The van der Waals surface area contributed by atoms with Crippen molar-refractivity contribution in [3.63, 3.8) is 0 Å². The van der Waals surface area contributed by atoms with Crippen molar-refractivity contribution in [1.29, 1.82) is 0 Å². The minimum atomic E-state index is -1.06. The zero-order valence-electron chi connectivity index (χ0n) is 53.7. The lowest BCUT2D eigenvalue weighted by Crippen LogP contribution is -2.07. The number of nitrogens with zero attached hydrogens (tertiary/aromatic N) is 5. The Hall–Kier alpha value is -6.85. The topological polar surface area (TPSA) is 48.5 Å². The summed E-state index contributed by atoms with van der Waals surface area (Å²) in [7, 11) is 0. The Bertz CT molecular complexity index is 4460. The first-order valence-corrected chi connectivity index (χ1v) is 14.4. The third-order valence-electron chi connectivity index (χ3n) is 7.60. The predicted octanol–water partition coefficient (Wildman–Crippen LogP) is 11.1. The zero-order valence-corrected chi connectivity index (χ0v) is 24.7. The highest BCUT2D eigenvalue weighted by Gasteiger charge is 2.23.